The van der Waals surface area contributed by atoms with Gasteiger partial charge in [-0.3, -0.25) is 0 Å². The van der Waals surface area contributed by atoms with Gasteiger partial charge in [0.05, 0.1) is 30.2 Å². The molecule has 0 fully saturated rings. The average Bonchev–Trinajstić information content (AvgIpc) is 2.72. The minimum Gasteiger partial charge on any atom is -0.497 e. The lowest BCUT2D eigenvalue weighted by Crippen LogP contribution is -1.96. The molecule has 27 heavy (non-hydrogen) atoms. The minimum absolute atomic E-state index is 0.237. The standard InChI is InChI=1S/C22H17N3OS/c1-15-3-5-16(6-4-15)19-13-21(17-7-9-18(26-2)10-8-17)25-22(20(19)14-24)27-12-11-23/h3-10,13H,12H2,1-2H3. The molecule has 0 saturated carbocycles. The molecule has 0 aliphatic rings. The van der Waals surface area contributed by atoms with Crippen LogP contribution < -0.4 is 4.74 Å². The Balaban J connectivity index is 2.19. The Morgan fingerprint density at radius 2 is 1.67 bits per heavy atom. The second-order valence-electron chi connectivity index (χ2n) is 5.89. The van der Waals surface area contributed by atoms with E-state index < -0.39 is 0 Å². The monoisotopic (exact) mass is 371 g/mol. The largest absolute Gasteiger partial charge is 0.497 e. The fraction of sp³-hybridized carbons (Fsp3) is 0.136. The summed E-state index contributed by atoms with van der Waals surface area (Å²) in [5.41, 5.74) is 5.10. The first-order valence-corrected chi connectivity index (χ1v) is 9.31. The van der Waals surface area contributed by atoms with Gasteiger partial charge in [-0.25, -0.2) is 4.98 Å². The quantitative estimate of drug-likeness (QED) is 0.575. The van der Waals surface area contributed by atoms with Gasteiger partial charge in [-0.1, -0.05) is 41.6 Å². The highest BCUT2D eigenvalue weighted by Crippen LogP contribution is 2.34. The van der Waals surface area contributed by atoms with Crippen molar-refractivity contribution in [2.24, 2.45) is 0 Å². The van der Waals surface area contributed by atoms with Crippen LogP contribution in [0, 0.1) is 29.6 Å². The van der Waals surface area contributed by atoms with Gasteiger partial charge in [0.15, 0.2) is 0 Å². The van der Waals surface area contributed by atoms with Gasteiger partial charge in [-0.2, -0.15) is 10.5 Å². The number of thioether (sulfide) groups is 1. The van der Waals surface area contributed by atoms with Crippen molar-refractivity contribution in [2.45, 2.75) is 11.9 Å². The summed E-state index contributed by atoms with van der Waals surface area (Å²) in [4.78, 5) is 4.66. The molecule has 0 aliphatic carbocycles. The molecule has 0 amide bonds. The fourth-order valence-corrected chi connectivity index (χ4v) is 3.37. The van der Waals surface area contributed by atoms with Crippen LogP contribution in [0.25, 0.3) is 22.4 Å². The molecule has 0 radical (unpaired) electrons. The van der Waals surface area contributed by atoms with Crippen LogP contribution >= 0.6 is 11.8 Å². The number of rotatable bonds is 5. The third-order valence-electron chi connectivity index (χ3n) is 4.12. The van der Waals surface area contributed by atoms with E-state index in [4.69, 9.17) is 10.00 Å². The Hall–Kier alpha value is -3.28. The van der Waals surface area contributed by atoms with E-state index in [1.807, 2.05) is 61.5 Å². The number of pyridine rings is 1. The fourth-order valence-electron chi connectivity index (χ4n) is 2.71. The van der Waals surface area contributed by atoms with Crippen LogP contribution in [0.4, 0.5) is 0 Å². The number of hydrogen-bond acceptors (Lipinski definition) is 5. The Morgan fingerprint density at radius 3 is 2.26 bits per heavy atom. The van der Waals surface area contributed by atoms with Crippen LogP contribution in [0.1, 0.15) is 11.1 Å². The molecule has 0 unspecified atom stereocenters. The Morgan fingerprint density at radius 1 is 1.00 bits per heavy atom. The molecule has 0 N–H and O–H groups in total. The van der Waals surface area contributed by atoms with Crippen LogP contribution in [-0.4, -0.2) is 17.8 Å². The van der Waals surface area contributed by atoms with Crippen molar-refractivity contribution in [3.05, 3.63) is 65.7 Å². The van der Waals surface area contributed by atoms with E-state index in [2.05, 4.69) is 17.1 Å². The number of aryl methyl sites for hydroxylation is 1. The molecule has 1 heterocycles. The number of hydrogen-bond donors (Lipinski definition) is 0. The number of benzene rings is 2. The van der Waals surface area contributed by atoms with Crippen molar-refractivity contribution < 1.29 is 4.74 Å². The molecule has 0 spiro atoms. The second-order valence-corrected chi connectivity index (χ2v) is 6.85. The van der Waals surface area contributed by atoms with E-state index in [9.17, 15) is 5.26 Å². The highest BCUT2D eigenvalue weighted by molar-refractivity contribution is 7.99. The van der Waals surface area contributed by atoms with E-state index in [1.165, 1.54) is 11.8 Å². The molecule has 4 nitrogen and oxygen atoms in total. The predicted molar refractivity (Wildman–Crippen MR) is 107 cm³/mol. The van der Waals surface area contributed by atoms with Gasteiger partial charge < -0.3 is 4.74 Å². The zero-order valence-corrected chi connectivity index (χ0v) is 15.9. The van der Waals surface area contributed by atoms with Crippen LogP contribution in [0.5, 0.6) is 5.75 Å². The Labute approximate surface area is 163 Å². The Bertz CT molecular complexity index is 1030. The van der Waals surface area contributed by atoms with Gasteiger partial charge in [0, 0.05) is 11.1 Å². The summed E-state index contributed by atoms with van der Waals surface area (Å²) in [6.45, 7) is 2.03. The third-order valence-corrected chi connectivity index (χ3v) is 4.96. The summed E-state index contributed by atoms with van der Waals surface area (Å²) in [5.74, 6) is 1.01. The summed E-state index contributed by atoms with van der Waals surface area (Å²) in [7, 11) is 1.63. The smallest absolute Gasteiger partial charge is 0.118 e. The highest BCUT2D eigenvalue weighted by Gasteiger charge is 2.16. The Kier molecular flexibility index (Phi) is 5.76. The van der Waals surface area contributed by atoms with E-state index >= 15 is 0 Å². The third kappa shape index (κ3) is 4.11. The van der Waals surface area contributed by atoms with Gasteiger partial charge in [-0.05, 0) is 42.8 Å². The molecule has 3 aromatic rings. The number of nitriles is 2. The van der Waals surface area contributed by atoms with Crippen molar-refractivity contribution >= 4 is 11.8 Å². The van der Waals surface area contributed by atoms with Crippen molar-refractivity contribution in [3.63, 3.8) is 0 Å². The first-order chi connectivity index (χ1) is 13.2. The van der Waals surface area contributed by atoms with Crippen LogP contribution in [0.3, 0.4) is 0 Å². The molecule has 0 atom stereocenters. The maximum absolute atomic E-state index is 9.74. The molecule has 132 valence electrons. The summed E-state index contributed by atoms with van der Waals surface area (Å²) in [5, 5.41) is 19.3. The maximum atomic E-state index is 9.74. The molecule has 0 saturated heterocycles. The van der Waals surface area contributed by atoms with E-state index in [0.717, 1.165) is 33.7 Å². The molecular formula is C22H17N3OS. The average molecular weight is 371 g/mol. The van der Waals surface area contributed by atoms with Crippen molar-refractivity contribution in [3.8, 4) is 40.3 Å². The first kappa shape index (κ1) is 18.5. The number of aromatic nitrogens is 1. The lowest BCUT2D eigenvalue weighted by molar-refractivity contribution is 0.415. The second kappa shape index (κ2) is 8.40. The van der Waals surface area contributed by atoms with Crippen molar-refractivity contribution in [1.29, 1.82) is 10.5 Å². The summed E-state index contributed by atoms with van der Waals surface area (Å²) in [6, 6.07) is 22.0. The molecule has 2 aromatic carbocycles. The molecule has 1 aromatic heterocycles. The van der Waals surface area contributed by atoms with E-state index in [0.29, 0.717) is 10.6 Å². The maximum Gasteiger partial charge on any atom is 0.118 e. The van der Waals surface area contributed by atoms with Crippen LogP contribution in [0.15, 0.2) is 59.6 Å². The van der Waals surface area contributed by atoms with Crippen LogP contribution in [0.2, 0.25) is 0 Å². The molecule has 3 rings (SSSR count). The molecule has 0 bridgehead atoms. The van der Waals surface area contributed by atoms with Gasteiger partial charge in [-0.15, -0.1) is 0 Å². The number of nitrogens with zero attached hydrogens (tertiary/aromatic N) is 3. The number of ether oxygens (including phenoxy) is 1. The highest BCUT2D eigenvalue weighted by atomic mass is 32.2. The lowest BCUT2D eigenvalue weighted by atomic mass is 9.98. The van der Waals surface area contributed by atoms with Crippen LogP contribution in [-0.2, 0) is 0 Å². The first-order valence-electron chi connectivity index (χ1n) is 8.32. The van der Waals surface area contributed by atoms with Gasteiger partial charge in [0.2, 0.25) is 0 Å². The minimum atomic E-state index is 0.237. The summed E-state index contributed by atoms with van der Waals surface area (Å²) < 4.78 is 5.22. The topological polar surface area (TPSA) is 69.7 Å². The summed E-state index contributed by atoms with van der Waals surface area (Å²) >= 11 is 1.28. The number of methoxy groups -OCH3 is 1. The zero-order valence-electron chi connectivity index (χ0n) is 15.1. The van der Waals surface area contributed by atoms with Crippen molar-refractivity contribution in [2.75, 3.05) is 12.9 Å². The van der Waals surface area contributed by atoms with Gasteiger partial charge >= 0.3 is 0 Å². The van der Waals surface area contributed by atoms with E-state index in [1.54, 1.807) is 7.11 Å². The zero-order chi connectivity index (χ0) is 19.2. The normalized spacial score (nSPS) is 10.1. The summed E-state index contributed by atoms with van der Waals surface area (Å²) in [6.07, 6.45) is 0. The SMILES string of the molecule is COc1ccc(-c2cc(-c3ccc(C)cc3)c(C#N)c(SCC#N)n2)cc1. The van der Waals surface area contributed by atoms with Gasteiger partial charge in [0.1, 0.15) is 16.8 Å². The lowest BCUT2D eigenvalue weighted by Gasteiger charge is -2.12. The molecular weight excluding hydrogens is 354 g/mol. The van der Waals surface area contributed by atoms with Gasteiger partial charge in [0.25, 0.3) is 0 Å². The molecule has 0 aliphatic heterocycles. The molecule has 5 heteroatoms. The predicted octanol–water partition coefficient (Wildman–Crippen LogP) is 5.22. The van der Waals surface area contributed by atoms with Crippen molar-refractivity contribution in [1.82, 2.24) is 4.98 Å². The van der Waals surface area contributed by atoms with E-state index in [-0.39, 0.29) is 5.75 Å².